The molecule has 0 bridgehead atoms. The molecule has 1 heterocycles. The van der Waals surface area contributed by atoms with Gasteiger partial charge in [0.15, 0.2) is 0 Å². The van der Waals surface area contributed by atoms with E-state index >= 15 is 0 Å². The Morgan fingerprint density at radius 1 is 1.47 bits per heavy atom. The Morgan fingerprint density at radius 2 is 2.32 bits per heavy atom. The Balaban J connectivity index is 1.80. The first kappa shape index (κ1) is 13.0. The predicted molar refractivity (Wildman–Crippen MR) is 80.1 cm³/mol. The zero-order chi connectivity index (χ0) is 13.4. The summed E-state index contributed by atoms with van der Waals surface area (Å²) in [5, 5.41) is 2.45. The van der Waals surface area contributed by atoms with Gasteiger partial charge in [-0.2, -0.15) is 0 Å². The molecule has 0 saturated heterocycles. The highest BCUT2D eigenvalue weighted by atomic mass is 32.2. The van der Waals surface area contributed by atoms with E-state index in [-0.39, 0.29) is 6.04 Å². The van der Waals surface area contributed by atoms with Gasteiger partial charge in [-0.3, -0.25) is 0 Å². The van der Waals surface area contributed by atoms with Gasteiger partial charge in [-0.15, -0.1) is 11.3 Å². The summed E-state index contributed by atoms with van der Waals surface area (Å²) in [5.74, 6) is 0.880. The van der Waals surface area contributed by atoms with Crippen LogP contribution >= 0.6 is 23.1 Å². The smallest absolute Gasteiger partial charge is 0.150 e. The number of nitrogens with zero attached hydrogens (tertiary/aromatic N) is 1. The van der Waals surface area contributed by atoms with Gasteiger partial charge in [-0.1, -0.05) is 17.8 Å². The van der Waals surface area contributed by atoms with Gasteiger partial charge in [-0.25, -0.2) is 4.98 Å². The van der Waals surface area contributed by atoms with Gasteiger partial charge >= 0.3 is 0 Å². The topological polar surface area (TPSA) is 48.1 Å². The van der Waals surface area contributed by atoms with E-state index in [0.29, 0.717) is 5.25 Å². The van der Waals surface area contributed by atoms with Crippen LogP contribution in [0.25, 0.3) is 0 Å². The number of thioether (sulfide) groups is 1. The van der Waals surface area contributed by atoms with E-state index in [0.717, 1.165) is 22.2 Å². The summed E-state index contributed by atoms with van der Waals surface area (Å²) in [6.45, 7) is 2.02. The first-order valence-electron chi connectivity index (χ1n) is 6.18. The van der Waals surface area contributed by atoms with Crippen molar-refractivity contribution in [2.45, 2.75) is 29.0 Å². The standard InChI is InChI=1S/C14H16N2OS2/c1-8-7-18-14(16-8)19-12-5-9-3-4-10(17-2)6-11(9)13(12)15/h3-4,6-7,12-13H,5,15H2,1-2H3. The molecule has 1 aliphatic carbocycles. The van der Waals surface area contributed by atoms with Crippen LogP contribution in [0, 0.1) is 6.92 Å². The van der Waals surface area contributed by atoms with Gasteiger partial charge in [0.05, 0.1) is 7.11 Å². The summed E-state index contributed by atoms with van der Waals surface area (Å²) >= 11 is 3.49. The summed E-state index contributed by atoms with van der Waals surface area (Å²) in [6.07, 6.45) is 1.00. The Hall–Kier alpha value is -1.04. The minimum Gasteiger partial charge on any atom is -0.497 e. The molecular weight excluding hydrogens is 276 g/mol. The SMILES string of the molecule is COc1ccc2c(c1)C(N)C(Sc1nc(C)cs1)C2. The maximum atomic E-state index is 6.37. The molecule has 19 heavy (non-hydrogen) atoms. The van der Waals surface area contributed by atoms with Crippen LogP contribution < -0.4 is 10.5 Å². The van der Waals surface area contributed by atoms with Crippen molar-refractivity contribution >= 4 is 23.1 Å². The molecule has 0 aliphatic heterocycles. The highest BCUT2D eigenvalue weighted by Crippen LogP contribution is 2.42. The minimum atomic E-state index is 0.0549. The molecule has 2 unspecified atom stereocenters. The fourth-order valence-electron chi connectivity index (χ4n) is 2.37. The maximum absolute atomic E-state index is 6.37. The zero-order valence-corrected chi connectivity index (χ0v) is 12.6. The van der Waals surface area contributed by atoms with Crippen molar-refractivity contribution in [1.82, 2.24) is 4.98 Å². The van der Waals surface area contributed by atoms with Gasteiger partial charge in [0.1, 0.15) is 10.1 Å². The number of rotatable bonds is 3. The van der Waals surface area contributed by atoms with Gasteiger partial charge in [0.25, 0.3) is 0 Å². The number of benzene rings is 1. The van der Waals surface area contributed by atoms with Gasteiger partial charge in [-0.05, 0) is 36.6 Å². The molecule has 1 aliphatic rings. The van der Waals surface area contributed by atoms with E-state index in [4.69, 9.17) is 10.5 Å². The quantitative estimate of drug-likeness (QED) is 0.944. The van der Waals surface area contributed by atoms with E-state index in [1.807, 2.05) is 13.0 Å². The van der Waals surface area contributed by atoms with Crippen molar-refractivity contribution in [2.24, 2.45) is 5.73 Å². The average Bonchev–Trinajstić information content (AvgIpc) is 2.95. The number of thiazole rings is 1. The monoisotopic (exact) mass is 292 g/mol. The Labute approximate surface area is 121 Å². The Kier molecular flexibility index (Phi) is 3.52. The second kappa shape index (κ2) is 5.15. The number of nitrogens with two attached hydrogens (primary N) is 1. The largest absolute Gasteiger partial charge is 0.497 e. The number of hydrogen-bond donors (Lipinski definition) is 1. The third-order valence-corrected chi connectivity index (χ3v) is 5.77. The number of ether oxygens (including phenoxy) is 1. The van der Waals surface area contributed by atoms with Gasteiger partial charge in [0, 0.05) is 22.4 Å². The molecule has 3 rings (SSSR count). The van der Waals surface area contributed by atoms with Gasteiger partial charge < -0.3 is 10.5 Å². The summed E-state index contributed by atoms with van der Waals surface area (Å²) in [5.41, 5.74) is 10.00. The van der Waals surface area contributed by atoms with Crippen LogP contribution in [0.3, 0.4) is 0 Å². The van der Waals surface area contributed by atoms with Crippen molar-refractivity contribution in [3.63, 3.8) is 0 Å². The lowest BCUT2D eigenvalue weighted by Gasteiger charge is -2.14. The van der Waals surface area contributed by atoms with E-state index in [9.17, 15) is 0 Å². The molecule has 0 fully saturated rings. The number of hydrogen-bond acceptors (Lipinski definition) is 5. The van der Waals surface area contributed by atoms with Crippen LogP contribution in [-0.4, -0.2) is 17.3 Å². The fraction of sp³-hybridized carbons (Fsp3) is 0.357. The Bertz CT molecular complexity index is 597. The second-order valence-electron chi connectivity index (χ2n) is 4.71. The summed E-state index contributed by atoms with van der Waals surface area (Å²) in [7, 11) is 1.69. The lowest BCUT2D eigenvalue weighted by Crippen LogP contribution is -2.18. The third kappa shape index (κ3) is 2.50. The molecule has 0 radical (unpaired) electrons. The molecule has 0 spiro atoms. The molecular formula is C14H16N2OS2. The lowest BCUT2D eigenvalue weighted by atomic mass is 10.1. The van der Waals surface area contributed by atoms with Crippen LogP contribution in [0.1, 0.15) is 22.9 Å². The fourth-order valence-corrected chi connectivity index (χ4v) is 4.64. The second-order valence-corrected chi connectivity index (χ2v) is 7.05. The van der Waals surface area contributed by atoms with E-state index < -0.39 is 0 Å². The van der Waals surface area contributed by atoms with Crippen molar-refractivity contribution in [2.75, 3.05) is 7.11 Å². The normalized spacial score (nSPS) is 21.4. The molecule has 0 saturated carbocycles. The molecule has 2 atom stereocenters. The van der Waals surface area contributed by atoms with E-state index in [2.05, 4.69) is 22.5 Å². The van der Waals surface area contributed by atoms with Crippen molar-refractivity contribution in [3.8, 4) is 5.75 Å². The Morgan fingerprint density at radius 3 is 3.00 bits per heavy atom. The van der Waals surface area contributed by atoms with Crippen molar-refractivity contribution in [1.29, 1.82) is 0 Å². The van der Waals surface area contributed by atoms with E-state index in [1.54, 1.807) is 30.2 Å². The van der Waals surface area contributed by atoms with Crippen LogP contribution in [0.2, 0.25) is 0 Å². The lowest BCUT2D eigenvalue weighted by molar-refractivity contribution is 0.414. The molecule has 5 heteroatoms. The molecule has 2 N–H and O–H groups in total. The third-order valence-electron chi connectivity index (χ3n) is 3.38. The number of fused-ring (bicyclic) bond motifs is 1. The first-order valence-corrected chi connectivity index (χ1v) is 7.94. The first-order chi connectivity index (χ1) is 9.17. The van der Waals surface area contributed by atoms with Crippen LogP contribution in [0.4, 0.5) is 0 Å². The number of methoxy groups -OCH3 is 1. The van der Waals surface area contributed by atoms with Crippen LogP contribution in [0.5, 0.6) is 5.75 Å². The van der Waals surface area contributed by atoms with Crippen LogP contribution in [-0.2, 0) is 6.42 Å². The maximum Gasteiger partial charge on any atom is 0.150 e. The highest BCUT2D eigenvalue weighted by Gasteiger charge is 2.31. The molecule has 1 aromatic carbocycles. The molecule has 2 aromatic rings. The van der Waals surface area contributed by atoms with Crippen molar-refractivity contribution < 1.29 is 4.74 Å². The van der Waals surface area contributed by atoms with Crippen LogP contribution in [0.15, 0.2) is 27.9 Å². The molecule has 100 valence electrons. The molecule has 0 amide bonds. The minimum absolute atomic E-state index is 0.0549. The summed E-state index contributed by atoms with van der Waals surface area (Å²) in [6, 6.07) is 6.25. The summed E-state index contributed by atoms with van der Waals surface area (Å²) < 4.78 is 6.38. The van der Waals surface area contributed by atoms with E-state index in [1.165, 1.54) is 11.1 Å². The average molecular weight is 292 g/mol. The van der Waals surface area contributed by atoms with Gasteiger partial charge in [0.2, 0.25) is 0 Å². The molecule has 3 nitrogen and oxygen atoms in total. The zero-order valence-electron chi connectivity index (χ0n) is 10.9. The number of aryl methyl sites for hydroxylation is 1. The predicted octanol–water partition coefficient (Wildman–Crippen LogP) is 3.18. The number of aromatic nitrogens is 1. The summed E-state index contributed by atoms with van der Waals surface area (Å²) in [4.78, 5) is 4.51. The molecule has 1 aromatic heterocycles. The van der Waals surface area contributed by atoms with Crippen molar-refractivity contribution in [3.05, 3.63) is 40.4 Å². The highest BCUT2D eigenvalue weighted by molar-refractivity contribution is 8.01.